The molecule has 1 aliphatic heterocycles. The smallest absolute Gasteiger partial charge is 0.241 e. The number of hydrogen-bond acceptors (Lipinski definition) is 3. The van der Waals surface area contributed by atoms with Gasteiger partial charge < -0.3 is 15.0 Å². The minimum Gasteiger partial charge on any atom is -0.491 e. The van der Waals surface area contributed by atoms with E-state index in [-0.39, 0.29) is 5.91 Å². The Hall–Kier alpha value is -1.71. The molecule has 0 bridgehead atoms. The molecule has 2 rings (SSSR count). The van der Waals surface area contributed by atoms with E-state index in [9.17, 15) is 4.79 Å². The Morgan fingerprint density at radius 1 is 1.24 bits per heavy atom. The van der Waals surface area contributed by atoms with Crippen LogP contribution in [0.5, 0.6) is 5.75 Å². The Bertz CT molecular complexity index is 442. The number of hydrogen-bond donors (Lipinski definition) is 1. The summed E-state index contributed by atoms with van der Waals surface area (Å²) in [6.45, 7) is 5.00. The molecule has 0 spiro atoms. The third-order valence-electron chi connectivity index (χ3n) is 3.78. The normalized spacial score (nSPS) is 14.8. The molecular formula is C17H26N2O2. The molecule has 21 heavy (non-hydrogen) atoms. The third-order valence-corrected chi connectivity index (χ3v) is 3.78. The number of ether oxygens (including phenoxy) is 1. The van der Waals surface area contributed by atoms with Crippen molar-refractivity contribution >= 4 is 11.6 Å². The number of unbranched alkanes of at least 4 members (excludes halogenated alkanes) is 1. The van der Waals surface area contributed by atoms with Crippen molar-refractivity contribution in [2.24, 2.45) is 0 Å². The molecular weight excluding hydrogens is 264 g/mol. The number of nitrogens with one attached hydrogen (secondary N) is 1. The second kappa shape index (κ2) is 8.55. The van der Waals surface area contributed by atoms with Gasteiger partial charge in [0.2, 0.25) is 5.91 Å². The highest BCUT2D eigenvalue weighted by molar-refractivity contribution is 5.81. The number of nitrogens with zero attached hydrogens (tertiary/aromatic N) is 1. The predicted octanol–water partition coefficient (Wildman–Crippen LogP) is 3.29. The Morgan fingerprint density at radius 3 is 2.76 bits per heavy atom. The van der Waals surface area contributed by atoms with Crippen molar-refractivity contribution in [3.05, 3.63) is 24.3 Å². The van der Waals surface area contributed by atoms with Gasteiger partial charge in [0, 0.05) is 13.1 Å². The third kappa shape index (κ3) is 4.96. The number of anilines is 1. The summed E-state index contributed by atoms with van der Waals surface area (Å²) < 4.78 is 5.77. The van der Waals surface area contributed by atoms with Gasteiger partial charge in [-0.1, -0.05) is 25.5 Å². The number of para-hydroxylation sites is 2. The molecule has 1 aromatic rings. The van der Waals surface area contributed by atoms with Gasteiger partial charge in [-0.3, -0.25) is 4.79 Å². The van der Waals surface area contributed by atoms with Crippen LogP contribution in [0, 0.1) is 0 Å². The highest BCUT2D eigenvalue weighted by Gasteiger charge is 2.16. The lowest BCUT2D eigenvalue weighted by molar-refractivity contribution is -0.130. The predicted molar refractivity (Wildman–Crippen MR) is 85.8 cm³/mol. The van der Waals surface area contributed by atoms with Gasteiger partial charge in [0.15, 0.2) is 0 Å². The molecule has 4 nitrogen and oxygen atoms in total. The molecule has 0 saturated carbocycles. The van der Waals surface area contributed by atoms with Crippen LogP contribution < -0.4 is 10.1 Å². The van der Waals surface area contributed by atoms with Crippen molar-refractivity contribution in [2.45, 2.75) is 39.0 Å². The van der Waals surface area contributed by atoms with Crippen LogP contribution in [0.3, 0.4) is 0 Å². The van der Waals surface area contributed by atoms with E-state index in [0.29, 0.717) is 6.54 Å². The molecule has 4 heteroatoms. The van der Waals surface area contributed by atoms with Crippen molar-refractivity contribution in [2.75, 3.05) is 31.6 Å². The fourth-order valence-electron chi connectivity index (χ4n) is 2.49. The summed E-state index contributed by atoms with van der Waals surface area (Å²) in [5.41, 5.74) is 0.902. The standard InChI is InChI=1S/C17H26N2O2/c1-2-3-13-21-16-10-6-5-9-15(16)18-14-17(20)19-11-7-4-8-12-19/h5-6,9-10,18H,2-4,7-8,11-14H2,1H3. The summed E-state index contributed by atoms with van der Waals surface area (Å²) in [7, 11) is 0. The van der Waals surface area contributed by atoms with Gasteiger partial charge in [-0.15, -0.1) is 0 Å². The summed E-state index contributed by atoms with van der Waals surface area (Å²) in [6, 6.07) is 7.83. The lowest BCUT2D eigenvalue weighted by atomic mass is 10.1. The van der Waals surface area contributed by atoms with E-state index in [4.69, 9.17) is 4.74 Å². The number of piperidine rings is 1. The van der Waals surface area contributed by atoms with Crippen LogP contribution in [-0.2, 0) is 4.79 Å². The first-order valence-electron chi connectivity index (χ1n) is 8.04. The lowest BCUT2D eigenvalue weighted by Crippen LogP contribution is -2.39. The molecule has 0 radical (unpaired) electrons. The van der Waals surface area contributed by atoms with E-state index < -0.39 is 0 Å². The first kappa shape index (κ1) is 15.7. The lowest BCUT2D eigenvalue weighted by Gasteiger charge is -2.27. The molecule has 1 amide bonds. The van der Waals surface area contributed by atoms with E-state index in [0.717, 1.165) is 56.8 Å². The first-order chi connectivity index (χ1) is 10.3. The maximum Gasteiger partial charge on any atom is 0.241 e. The van der Waals surface area contributed by atoms with Crippen LogP contribution in [0.1, 0.15) is 39.0 Å². The maximum atomic E-state index is 12.2. The maximum absolute atomic E-state index is 12.2. The van der Waals surface area contributed by atoms with Gasteiger partial charge in [0.05, 0.1) is 18.8 Å². The minimum absolute atomic E-state index is 0.179. The van der Waals surface area contributed by atoms with Gasteiger partial charge in [-0.05, 0) is 37.8 Å². The quantitative estimate of drug-likeness (QED) is 0.783. The number of amides is 1. The molecule has 1 fully saturated rings. The molecule has 0 atom stereocenters. The van der Waals surface area contributed by atoms with E-state index in [2.05, 4.69) is 12.2 Å². The van der Waals surface area contributed by atoms with Gasteiger partial charge in [-0.2, -0.15) is 0 Å². The second-order valence-corrected chi connectivity index (χ2v) is 5.49. The van der Waals surface area contributed by atoms with E-state index in [1.807, 2.05) is 29.2 Å². The summed E-state index contributed by atoms with van der Waals surface area (Å²) in [5, 5.41) is 3.22. The summed E-state index contributed by atoms with van der Waals surface area (Å²) in [4.78, 5) is 14.1. The Morgan fingerprint density at radius 2 is 2.00 bits per heavy atom. The van der Waals surface area contributed by atoms with Crippen LogP contribution in [0.25, 0.3) is 0 Å². The molecule has 1 heterocycles. The largest absolute Gasteiger partial charge is 0.491 e. The van der Waals surface area contributed by atoms with E-state index >= 15 is 0 Å². The van der Waals surface area contributed by atoms with Crippen LogP contribution in [0.2, 0.25) is 0 Å². The first-order valence-corrected chi connectivity index (χ1v) is 8.04. The van der Waals surface area contributed by atoms with Crippen molar-refractivity contribution in [3.8, 4) is 5.75 Å². The molecule has 1 N–H and O–H groups in total. The van der Waals surface area contributed by atoms with Gasteiger partial charge in [-0.25, -0.2) is 0 Å². The average molecular weight is 290 g/mol. The number of benzene rings is 1. The minimum atomic E-state index is 0.179. The Kier molecular flexibility index (Phi) is 6.38. The van der Waals surface area contributed by atoms with E-state index in [1.165, 1.54) is 6.42 Å². The van der Waals surface area contributed by atoms with Gasteiger partial charge in [0.25, 0.3) is 0 Å². The number of carbonyl (C=O) groups excluding carboxylic acids is 1. The van der Waals surface area contributed by atoms with Gasteiger partial charge >= 0.3 is 0 Å². The van der Waals surface area contributed by atoms with Crippen molar-refractivity contribution < 1.29 is 9.53 Å². The van der Waals surface area contributed by atoms with Gasteiger partial charge in [0.1, 0.15) is 5.75 Å². The second-order valence-electron chi connectivity index (χ2n) is 5.49. The van der Waals surface area contributed by atoms with Crippen molar-refractivity contribution in [3.63, 3.8) is 0 Å². The topological polar surface area (TPSA) is 41.6 Å². The summed E-state index contributed by atoms with van der Waals surface area (Å²) in [6.07, 6.45) is 5.65. The number of carbonyl (C=O) groups is 1. The zero-order valence-electron chi connectivity index (χ0n) is 12.9. The highest BCUT2D eigenvalue weighted by atomic mass is 16.5. The van der Waals surface area contributed by atoms with E-state index in [1.54, 1.807) is 0 Å². The molecule has 0 aliphatic carbocycles. The van der Waals surface area contributed by atoms with Crippen LogP contribution >= 0.6 is 0 Å². The van der Waals surface area contributed by atoms with Crippen LogP contribution in [0.4, 0.5) is 5.69 Å². The van der Waals surface area contributed by atoms with Crippen LogP contribution in [-0.4, -0.2) is 37.0 Å². The number of likely N-dealkylation sites (tertiary alicyclic amines) is 1. The molecule has 1 saturated heterocycles. The fraction of sp³-hybridized carbons (Fsp3) is 0.588. The van der Waals surface area contributed by atoms with Crippen molar-refractivity contribution in [1.29, 1.82) is 0 Å². The molecule has 1 aromatic carbocycles. The average Bonchev–Trinajstić information content (AvgIpc) is 2.54. The Labute approximate surface area is 127 Å². The van der Waals surface area contributed by atoms with Crippen LogP contribution in [0.15, 0.2) is 24.3 Å². The SMILES string of the molecule is CCCCOc1ccccc1NCC(=O)N1CCCCC1. The zero-order valence-corrected chi connectivity index (χ0v) is 12.9. The summed E-state index contributed by atoms with van der Waals surface area (Å²) in [5.74, 6) is 1.01. The molecule has 1 aliphatic rings. The zero-order chi connectivity index (χ0) is 14.9. The summed E-state index contributed by atoms with van der Waals surface area (Å²) >= 11 is 0. The molecule has 116 valence electrons. The van der Waals surface area contributed by atoms with Crippen molar-refractivity contribution in [1.82, 2.24) is 4.90 Å². The fourth-order valence-corrected chi connectivity index (χ4v) is 2.49. The number of rotatable bonds is 7. The Balaban J connectivity index is 1.85. The highest BCUT2D eigenvalue weighted by Crippen LogP contribution is 2.23. The molecule has 0 unspecified atom stereocenters. The monoisotopic (exact) mass is 290 g/mol. The molecule has 0 aromatic heterocycles.